The monoisotopic (exact) mass is 582 g/mol. The Kier molecular flexibility index (Phi) is 8.49. The van der Waals surface area contributed by atoms with Crippen molar-refractivity contribution in [3.05, 3.63) is 111 Å². The molecule has 0 aliphatic carbocycles. The maximum Gasteiger partial charge on any atom is 0.264 e. The molecule has 0 spiro atoms. The van der Waals surface area contributed by atoms with Crippen molar-refractivity contribution >= 4 is 51.0 Å². The fraction of sp³-hybridized carbons (Fsp3) is 0.172. The van der Waals surface area contributed by atoms with Crippen LogP contribution in [-0.2, 0) is 14.8 Å². The number of anilines is 1. The van der Waals surface area contributed by atoms with Crippen LogP contribution >= 0.6 is 23.2 Å². The number of benzene rings is 3. The number of halogens is 2. The van der Waals surface area contributed by atoms with Crippen molar-refractivity contribution in [1.82, 2.24) is 9.99 Å². The number of sulfonamides is 1. The van der Waals surface area contributed by atoms with E-state index >= 15 is 0 Å². The summed E-state index contributed by atoms with van der Waals surface area (Å²) in [6.45, 7) is 7.59. The van der Waals surface area contributed by atoms with Crippen molar-refractivity contribution in [3.63, 3.8) is 0 Å². The third-order valence-corrected chi connectivity index (χ3v) is 8.59. The molecule has 0 unspecified atom stereocenters. The van der Waals surface area contributed by atoms with Crippen LogP contribution in [0.25, 0.3) is 5.69 Å². The quantitative estimate of drug-likeness (QED) is 0.194. The lowest BCUT2D eigenvalue weighted by Gasteiger charge is -2.24. The van der Waals surface area contributed by atoms with Crippen LogP contribution in [-0.4, -0.2) is 31.7 Å². The molecule has 1 amide bonds. The molecule has 1 heterocycles. The fourth-order valence-corrected chi connectivity index (χ4v) is 6.18. The molecular formula is C29H28Cl2N4O3S. The predicted molar refractivity (Wildman–Crippen MR) is 158 cm³/mol. The standard InChI is InChI=1S/C29H28Cl2N4O3S/c1-19-10-11-26(12-20(19)2)35-21(3)13-23(22(35)4)17-32-33-29(36)18-34(27-15-24(30)14-25(31)16-27)39(37,38)28-8-6-5-7-9-28/h5-17H,18H2,1-4H3,(H,33,36)/b32-17-. The zero-order valence-corrected chi connectivity index (χ0v) is 24.3. The summed E-state index contributed by atoms with van der Waals surface area (Å²) in [7, 11) is -4.11. The number of amides is 1. The van der Waals surface area contributed by atoms with E-state index in [4.69, 9.17) is 23.2 Å². The molecule has 202 valence electrons. The number of carbonyl (C=O) groups excluding carboxylic acids is 1. The van der Waals surface area contributed by atoms with Crippen molar-refractivity contribution in [2.45, 2.75) is 32.6 Å². The van der Waals surface area contributed by atoms with Crippen molar-refractivity contribution < 1.29 is 13.2 Å². The highest BCUT2D eigenvalue weighted by atomic mass is 35.5. The SMILES string of the molecule is Cc1ccc(-n2c(C)cc(/C=N\NC(=O)CN(c3cc(Cl)cc(Cl)c3)S(=O)(=O)c3ccccc3)c2C)cc1C. The highest BCUT2D eigenvalue weighted by Crippen LogP contribution is 2.29. The number of aryl methyl sites for hydroxylation is 3. The van der Waals surface area contributed by atoms with Gasteiger partial charge in [0.2, 0.25) is 0 Å². The first kappa shape index (κ1) is 28.4. The lowest BCUT2D eigenvalue weighted by molar-refractivity contribution is -0.119. The van der Waals surface area contributed by atoms with Crippen LogP contribution in [0.15, 0.2) is 82.8 Å². The topological polar surface area (TPSA) is 83.8 Å². The van der Waals surface area contributed by atoms with Crippen molar-refractivity contribution in [3.8, 4) is 5.69 Å². The summed E-state index contributed by atoms with van der Waals surface area (Å²) in [5.41, 5.74) is 8.85. The van der Waals surface area contributed by atoms with E-state index in [0.717, 1.165) is 26.9 Å². The van der Waals surface area contributed by atoms with Gasteiger partial charge in [-0.25, -0.2) is 13.8 Å². The van der Waals surface area contributed by atoms with Crippen LogP contribution in [0.5, 0.6) is 0 Å². The molecule has 0 atom stereocenters. The molecule has 1 N–H and O–H groups in total. The maximum atomic E-state index is 13.5. The van der Waals surface area contributed by atoms with Crippen LogP contribution in [0.3, 0.4) is 0 Å². The Morgan fingerprint density at radius 3 is 2.23 bits per heavy atom. The highest BCUT2D eigenvalue weighted by Gasteiger charge is 2.27. The number of hydrogen-bond donors (Lipinski definition) is 1. The Bertz CT molecular complexity index is 1650. The summed E-state index contributed by atoms with van der Waals surface area (Å²) in [5, 5.41) is 4.59. The first-order valence-corrected chi connectivity index (χ1v) is 14.3. The smallest absolute Gasteiger partial charge is 0.264 e. The molecule has 1 aromatic heterocycles. The van der Waals surface area contributed by atoms with Crippen LogP contribution in [0.2, 0.25) is 10.0 Å². The first-order valence-electron chi connectivity index (χ1n) is 12.1. The number of nitrogens with one attached hydrogen (secondary N) is 1. The van der Waals surface area contributed by atoms with Gasteiger partial charge in [-0.3, -0.25) is 9.10 Å². The van der Waals surface area contributed by atoms with E-state index in [2.05, 4.69) is 47.1 Å². The van der Waals surface area contributed by atoms with Crippen molar-refractivity contribution in [1.29, 1.82) is 0 Å². The van der Waals surface area contributed by atoms with E-state index in [1.54, 1.807) is 24.4 Å². The number of carbonyl (C=O) groups is 1. The summed E-state index contributed by atoms with van der Waals surface area (Å²) in [6.07, 6.45) is 1.55. The Balaban J connectivity index is 1.57. The zero-order chi connectivity index (χ0) is 28.3. The highest BCUT2D eigenvalue weighted by molar-refractivity contribution is 7.92. The minimum absolute atomic E-state index is 0.0242. The zero-order valence-electron chi connectivity index (χ0n) is 21.9. The number of hydrazone groups is 1. The molecule has 0 radical (unpaired) electrons. The Labute approximate surface area is 238 Å². The van der Waals surface area contributed by atoms with E-state index in [9.17, 15) is 13.2 Å². The van der Waals surface area contributed by atoms with Gasteiger partial charge >= 0.3 is 0 Å². The normalized spacial score (nSPS) is 11.6. The summed E-state index contributed by atoms with van der Waals surface area (Å²) in [6, 6.07) is 20.4. The van der Waals surface area contributed by atoms with Gasteiger partial charge in [-0.2, -0.15) is 5.10 Å². The van der Waals surface area contributed by atoms with E-state index in [1.165, 1.54) is 41.5 Å². The molecule has 7 nitrogen and oxygen atoms in total. The van der Waals surface area contributed by atoms with Crippen molar-refractivity contribution in [2.24, 2.45) is 5.10 Å². The molecule has 39 heavy (non-hydrogen) atoms. The third kappa shape index (κ3) is 6.36. The molecule has 0 saturated carbocycles. The van der Waals surface area contributed by atoms with Gasteiger partial charge in [-0.05, 0) is 87.4 Å². The van der Waals surface area contributed by atoms with Crippen LogP contribution < -0.4 is 9.73 Å². The van der Waals surface area contributed by atoms with Crippen LogP contribution in [0.4, 0.5) is 5.69 Å². The van der Waals surface area contributed by atoms with E-state index in [1.807, 2.05) is 19.9 Å². The summed E-state index contributed by atoms with van der Waals surface area (Å²) < 4.78 is 30.0. The van der Waals surface area contributed by atoms with E-state index in [-0.39, 0.29) is 20.6 Å². The number of nitrogens with zero attached hydrogens (tertiary/aromatic N) is 3. The maximum absolute atomic E-state index is 13.5. The second kappa shape index (κ2) is 11.7. The molecule has 4 rings (SSSR count). The minimum Gasteiger partial charge on any atom is -0.318 e. The minimum atomic E-state index is -4.11. The average molecular weight is 584 g/mol. The number of rotatable bonds is 8. The molecule has 0 fully saturated rings. The molecular weight excluding hydrogens is 555 g/mol. The van der Waals surface area contributed by atoms with E-state index in [0.29, 0.717) is 0 Å². The van der Waals surface area contributed by atoms with Gasteiger partial charge in [0.05, 0.1) is 16.8 Å². The Morgan fingerprint density at radius 2 is 1.59 bits per heavy atom. The second-order valence-corrected chi connectivity index (χ2v) is 11.9. The van der Waals surface area contributed by atoms with Crippen LogP contribution in [0, 0.1) is 27.7 Å². The largest absolute Gasteiger partial charge is 0.318 e. The summed E-state index contributed by atoms with van der Waals surface area (Å²) in [5.74, 6) is -0.634. The lowest BCUT2D eigenvalue weighted by Crippen LogP contribution is -2.39. The van der Waals surface area contributed by atoms with Gasteiger partial charge in [0.15, 0.2) is 0 Å². The molecule has 0 aliphatic rings. The number of hydrogen-bond acceptors (Lipinski definition) is 4. The van der Waals surface area contributed by atoms with Gasteiger partial charge in [-0.1, -0.05) is 47.5 Å². The average Bonchev–Trinajstić information content (AvgIpc) is 3.16. The third-order valence-electron chi connectivity index (χ3n) is 6.37. The van der Waals surface area contributed by atoms with Gasteiger partial charge in [0.1, 0.15) is 6.54 Å². The van der Waals surface area contributed by atoms with Gasteiger partial charge < -0.3 is 4.57 Å². The van der Waals surface area contributed by atoms with Gasteiger partial charge in [0, 0.05) is 32.7 Å². The Hall–Kier alpha value is -3.59. The second-order valence-electron chi connectivity index (χ2n) is 9.18. The molecule has 0 saturated heterocycles. The van der Waals surface area contributed by atoms with Crippen molar-refractivity contribution in [2.75, 3.05) is 10.8 Å². The molecule has 0 aliphatic heterocycles. The van der Waals surface area contributed by atoms with Crippen LogP contribution in [0.1, 0.15) is 28.1 Å². The lowest BCUT2D eigenvalue weighted by atomic mass is 10.1. The number of aromatic nitrogens is 1. The van der Waals surface area contributed by atoms with E-state index < -0.39 is 22.5 Å². The molecule has 3 aromatic carbocycles. The summed E-state index contributed by atoms with van der Waals surface area (Å²) in [4.78, 5) is 12.9. The molecule has 4 aromatic rings. The molecule has 10 heteroatoms. The van der Waals surface area contributed by atoms with Gasteiger partial charge in [-0.15, -0.1) is 0 Å². The summed E-state index contributed by atoms with van der Waals surface area (Å²) >= 11 is 12.3. The molecule has 0 bridgehead atoms. The van der Waals surface area contributed by atoms with Gasteiger partial charge in [0.25, 0.3) is 15.9 Å². The predicted octanol–water partition coefficient (Wildman–Crippen LogP) is 6.36. The first-order chi connectivity index (χ1) is 18.5. The fourth-order valence-electron chi connectivity index (χ4n) is 4.24. The Morgan fingerprint density at radius 1 is 0.923 bits per heavy atom.